The summed E-state index contributed by atoms with van der Waals surface area (Å²) in [6, 6.07) is 0.638. The van der Waals surface area contributed by atoms with Crippen molar-refractivity contribution < 1.29 is 17.6 Å². The Morgan fingerprint density at radius 3 is 2.36 bits per heavy atom. The van der Waals surface area contributed by atoms with Crippen molar-refractivity contribution in [1.82, 2.24) is 4.98 Å². The second-order valence-electron chi connectivity index (χ2n) is 1.78. The lowest BCUT2D eigenvalue weighted by Crippen LogP contribution is -2.08. The van der Waals surface area contributed by atoms with E-state index in [2.05, 4.69) is 4.98 Å². The maximum absolute atomic E-state index is 12.3. The minimum atomic E-state index is -4.71. The molecule has 1 radical (unpaired) electrons. The van der Waals surface area contributed by atoms with Gasteiger partial charge in [0.25, 0.3) is 0 Å². The van der Waals surface area contributed by atoms with Gasteiger partial charge in [-0.3, -0.25) is 4.98 Å². The third-order valence-electron chi connectivity index (χ3n) is 0.994. The number of nitrogens with zero attached hydrogens (tertiary/aromatic N) is 1. The molecule has 0 spiro atoms. The van der Waals surface area contributed by atoms with E-state index in [1.165, 1.54) is 6.20 Å². The van der Waals surface area contributed by atoms with E-state index >= 15 is 0 Å². The fourth-order valence-corrected chi connectivity index (χ4v) is 0.540. The van der Waals surface area contributed by atoms with E-state index in [1.54, 1.807) is 0 Å². The Labute approximate surface area is 59.7 Å². The zero-order valence-electron chi connectivity index (χ0n) is 5.11. The third kappa shape index (κ3) is 1.66. The van der Waals surface area contributed by atoms with Crippen molar-refractivity contribution in [2.75, 3.05) is 0 Å². The fourth-order valence-electron chi connectivity index (χ4n) is 0.540. The van der Waals surface area contributed by atoms with Crippen molar-refractivity contribution >= 4 is 0 Å². The molecule has 1 nitrogen and oxygen atoms in total. The summed E-state index contributed by atoms with van der Waals surface area (Å²) in [6.45, 7) is 0. The lowest BCUT2D eigenvalue weighted by atomic mass is 10.3. The number of halogens is 4. The number of pyridine rings is 1. The van der Waals surface area contributed by atoms with Crippen LogP contribution in [0.2, 0.25) is 0 Å². The molecule has 1 aromatic heterocycles. The highest BCUT2D eigenvalue weighted by Gasteiger charge is 2.34. The topological polar surface area (TPSA) is 12.9 Å². The Balaban J connectivity index is 3.14. The first kappa shape index (κ1) is 7.97. The number of aromatic nitrogens is 1. The summed E-state index contributed by atoms with van der Waals surface area (Å²) in [6.07, 6.45) is -2.28. The van der Waals surface area contributed by atoms with Crippen LogP contribution in [-0.4, -0.2) is 4.98 Å². The molecule has 0 aromatic carbocycles. The van der Waals surface area contributed by atoms with Gasteiger partial charge in [0.05, 0.1) is 0 Å². The van der Waals surface area contributed by atoms with Crippen LogP contribution in [0.3, 0.4) is 0 Å². The first-order valence-corrected chi connectivity index (χ1v) is 2.61. The Kier molecular flexibility index (Phi) is 1.80. The van der Waals surface area contributed by atoms with E-state index in [0.29, 0.717) is 6.07 Å². The molecule has 0 bridgehead atoms. The molecule has 59 valence electrons. The summed E-state index contributed by atoms with van der Waals surface area (Å²) >= 11 is 0. The Morgan fingerprint density at radius 1 is 1.36 bits per heavy atom. The standard InChI is InChI=1S/C6H2F4N/c7-5-1-2-11-3-4(5)6(8,9)10/h1-2H. The SMILES string of the molecule is Fc1ccn[c]c1C(F)(F)F. The van der Waals surface area contributed by atoms with Gasteiger partial charge in [0.2, 0.25) is 0 Å². The molecule has 0 fully saturated rings. The Bertz CT molecular complexity index is 255. The second-order valence-corrected chi connectivity index (χ2v) is 1.78. The summed E-state index contributed by atoms with van der Waals surface area (Å²) in [5.74, 6) is -1.35. The van der Waals surface area contributed by atoms with E-state index in [0.717, 1.165) is 6.20 Å². The molecule has 0 N–H and O–H groups in total. The first-order chi connectivity index (χ1) is 5.02. The van der Waals surface area contributed by atoms with E-state index in [-0.39, 0.29) is 0 Å². The number of alkyl halides is 3. The molecular weight excluding hydrogens is 162 g/mol. The average Bonchev–Trinajstić information content (AvgIpc) is 1.86. The van der Waals surface area contributed by atoms with Gasteiger partial charge in [-0.25, -0.2) is 4.39 Å². The summed E-state index contributed by atoms with van der Waals surface area (Å²) in [5.41, 5.74) is -1.46. The summed E-state index contributed by atoms with van der Waals surface area (Å²) in [5, 5.41) is 0. The van der Waals surface area contributed by atoms with E-state index < -0.39 is 17.6 Å². The van der Waals surface area contributed by atoms with Crippen LogP contribution in [0.25, 0.3) is 0 Å². The number of hydrogen-bond donors (Lipinski definition) is 0. The van der Waals surface area contributed by atoms with E-state index in [9.17, 15) is 17.6 Å². The second kappa shape index (κ2) is 2.48. The highest BCUT2D eigenvalue weighted by Crippen LogP contribution is 2.29. The van der Waals surface area contributed by atoms with Crippen molar-refractivity contribution in [3.63, 3.8) is 0 Å². The molecule has 0 amide bonds. The van der Waals surface area contributed by atoms with Crippen LogP contribution in [0.1, 0.15) is 5.56 Å². The largest absolute Gasteiger partial charge is 0.421 e. The molecule has 0 aliphatic heterocycles. The fraction of sp³-hybridized carbons (Fsp3) is 0.167. The molecule has 5 heteroatoms. The lowest BCUT2D eigenvalue weighted by Gasteiger charge is -2.04. The monoisotopic (exact) mass is 164 g/mol. The summed E-state index contributed by atoms with van der Waals surface area (Å²) < 4.78 is 47.5. The van der Waals surface area contributed by atoms with Gasteiger partial charge in [0, 0.05) is 6.20 Å². The molecule has 0 aliphatic carbocycles. The van der Waals surface area contributed by atoms with Gasteiger partial charge in [0.15, 0.2) is 0 Å². The molecule has 1 rings (SSSR count). The highest BCUT2D eigenvalue weighted by atomic mass is 19.4. The predicted octanol–water partition coefficient (Wildman–Crippen LogP) is 2.04. The average molecular weight is 164 g/mol. The van der Waals surface area contributed by atoms with Crippen molar-refractivity contribution in [3.05, 3.63) is 29.8 Å². The zero-order chi connectivity index (χ0) is 8.48. The van der Waals surface area contributed by atoms with Crippen LogP contribution in [0.4, 0.5) is 17.6 Å². The van der Waals surface area contributed by atoms with Crippen molar-refractivity contribution in [2.24, 2.45) is 0 Å². The minimum absolute atomic E-state index is 0.638. The lowest BCUT2D eigenvalue weighted by molar-refractivity contribution is -0.140. The molecule has 11 heavy (non-hydrogen) atoms. The van der Waals surface area contributed by atoms with Crippen LogP contribution < -0.4 is 0 Å². The summed E-state index contributed by atoms with van der Waals surface area (Å²) in [4.78, 5) is 3.03. The number of rotatable bonds is 0. The minimum Gasteiger partial charge on any atom is -0.254 e. The third-order valence-corrected chi connectivity index (χ3v) is 0.994. The number of hydrogen-bond acceptors (Lipinski definition) is 1. The van der Waals surface area contributed by atoms with Gasteiger partial charge in [-0.05, 0) is 6.07 Å². The van der Waals surface area contributed by atoms with Crippen molar-refractivity contribution in [3.8, 4) is 0 Å². The van der Waals surface area contributed by atoms with E-state index in [1.807, 2.05) is 0 Å². The zero-order valence-corrected chi connectivity index (χ0v) is 5.11. The maximum Gasteiger partial charge on any atom is 0.421 e. The van der Waals surface area contributed by atoms with E-state index in [4.69, 9.17) is 0 Å². The molecule has 1 heterocycles. The maximum atomic E-state index is 12.3. The molecule has 0 saturated heterocycles. The van der Waals surface area contributed by atoms with Gasteiger partial charge in [-0.1, -0.05) is 0 Å². The van der Waals surface area contributed by atoms with Crippen LogP contribution >= 0.6 is 0 Å². The highest BCUT2D eigenvalue weighted by molar-refractivity contribution is 5.13. The van der Waals surface area contributed by atoms with Gasteiger partial charge in [-0.2, -0.15) is 13.2 Å². The van der Waals surface area contributed by atoms with Crippen LogP contribution in [-0.2, 0) is 6.18 Å². The van der Waals surface area contributed by atoms with Crippen molar-refractivity contribution in [2.45, 2.75) is 6.18 Å². The quantitative estimate of drug-likeness (QED) is 0.534. The normalized spacial score (nSPS) is 11.6. The molecule has 0 aliphatic rings. The van der Waals surface area contributed by atoms with Gasteiger partial charge < -0.3 is 0 Å². The molecular formula is C6H2F4N. The van der Waals surface area contributed by atoms with Gasteiger partial charge in [0.1, 0.15) is 17.6 Å². The van der Waals surface area contributed by atoms with Crippen LogP contribution in [0.15, 0.2) is 12.3 Å². The molecule has 0 atom stereocenters. The Morgan fingerprint density at radius 2 is 2.00 bits per heavy atom. The molecule has 0 unspecified atom stereocenters. The molecule has 1 aromatic rings. The predicted molar refractivity (Wildman–Crippen MR) is 28.0 cm³/mol. The smallest absolute Gasteiger partial charge is 0.254 e. The van der Waals surface area contributed by atoms with Crippen LogP contribution in [0.5, 0.6) is 0 Å². The first-order valence-electron chi connectivity index (χ1n) is 2.61. The van der Waals surface area contributed by atoms with Crippen LogP contribution in [0, 0.1) is 12.0 Å². The van der Waals surface area contributed by atoms with Gasteiger partial charge in [-0.15, -0.1) is 0 Å². The van der Waals surface area contributed by atoms with Gasteiger partial charge >= 0.3 is 6.18 Å². The summed E-state index contributed by atoms with van der Waals surface area (Å²) in [7, 11) is 0. The molecule has 0 saturated carbocycles. The Hall–Kier alpha value is -1.13. The van der Waals surface area contributed by atoms with Crippen molar-refractivity contribution in [1.29, 1.82) is 0 Å².